The number of nitrogens with zero attached hydrogens (tertiary/aromatic N) is 1. The molecule has 0 aliphatic carbocycles. The standard InChI is InChI=1S/C21H17Cl2N3O4S2/c1-30-16(27)9-4-10-32(29)13-6-2-5-12(11-13)25-21-26-20(24)19(31-21)18(28)17-14(22)7-3-8-15(17)23/h2-8,10-11H,9,24H2,1H3,(H,25,26). The van der Waals surface area contributed by atoms with E-state index in [1.807, 2.05) is 0 Å². The molecule has 0 amide bonds. The van der Waals surface area contributed by atoms with Crippen LogP contribution >= 0.6 is 34.5 Å². The largest absolute Gasteiger partial charge is 0.469 e. The first-order chi connectivity index (χ1) is 15.3. The van der Waals surface area contributed by atoms with Gasteiger partial charge in [-0.05, 0) is 30.3 Å². The molecular weight excluding hydrogens is 493 g/mol. The first-order valence-corrected chi connectivity index (χ1v) is 11.8. The summed E-state index contributed by atoms with van der Waals surface area (Å²) in [4.78, 5) is 29.0. The fourth-order valence-corrected chi connectivity index (χ4v) is 4.90. The minimum Gasteiger partial charge on any atom is -0.469 e. The van der Waals surface area contributed by atoms with Gasteiger partial charge in [0, 0.05) is 16.0 Å². The van der Waals surface area contributed by atoms with Crippen LogP contribution in [0, 0.1) is 0 Å². The van der Waals surface area contributed by atoms with Gasteiger partial charge in [0.2, 0.25) is 5.78 Å². The molecule has 0 aliphatic heterocycles. The van der Waals surface area contributed by atoms with Gasteiger partial charge in [-0.25, -0.2) is 9.19 Å². The summed E-state index contributed by atoms with van der Waals surface area (Å²) in [6.07, 6.45) is 1.52. The molecule has 166 valence electrons. The number of esters is 1. The Morgan fingerprint density at radius 3 is 2.59 bits per heavy atom. The van der Waals surface area contributed by atoms with Crippen LogP contribution in [0.1, 0.15) is 21.7 Å². The van der Waals surface area contributed by atoms with E-state index in [9.17, 15) is 13.8 Å². The first kappa shape index (κ1) is 23.9. The zero-order chi connectivity index (χ0) is 23.3. The van der Waals surface area contributed by atoms with Crippen LogP contribution in [0.2, 0.25) is 10.0 Å². The monoisotopic (exact) mass is 509 g/mol. The van der Waals surface area contributed by atoms with E-state index < -0.39 is 22.6 Å². The lowest BCUT2D eigenvalue weighted by atomic mass is 10.1. The highest BCUT2D eigenvalue weighted by atomic mass is 35.5. The number of halogens is 2. The zero-order valence-corrected chi connectivity index (χ0v) is 19.8. The molecule has 0 spiro atoms. The predicted molar refractivity (Wildman–Crippen MR) is 128 cm³/mol. The third kappa shape index (κ3) is 5.74. The van der Waals surface area contributed by atoms with Crippen molar-refractivity contribution in [2.75, 3.05) is 18.2 Å². The Kier molecular flexibility index (Phi) is 8.03. The average Bonchev–Trinajstić information content (AvgIpc) is 3.13. The van der Waals surface area contributed by atoms with Crippen LogP contribution in [0.25, 0.3) is 0 Å². The number of carbonyl (C=O) groups is 2. The topological polar surface area (TPSA) is 111 Å². The lowest BCUT2D eigenvalue weighted by Gasteiger charge is -2.05. The van der Waals surface area contributed by atoms with Gasteiger partial charge >= 0.3 is 5.97 Å². The molecule has 3 N–H and O–H groups in total. The zero-order valence-electron chi connectivity index (χ0n) is 16.6. The van der Waals surface area contributed by atoms with Crippen molar-refractivity contribution < 1.29 is 18.5 Å². The molecule has 0 fully saturated rings. The number of ether oxygens (including phenoxy) is 1. The average molecular weight is 510 g/mol. The van der Waals surface area contributed by atoms with Crippen LogP contribution in [0.5, 0.6) is 0 Å². The molecular formula is C21H17Cl2N3O4S2. The SMILES string of the molecule is COC(=O)CC=CS(=O)c1cccc(Nc2nc(N)c(C(=O)c3c(Cl)cccc3Cl)s2)c1. The molecule has 2 aromatic carbocycles. The molecule has 1 heterocycles. The number of hydrogen-bond donors (Lipinski definition) is 2. The number of nitrogens with one attached hydrogen (secondary N) is 1. The van der Waals surface area contributed by atoms with E-state index in [0.29, 0.717) is 15.7 Å². The van der Waals surface area contributed by atoms with Gasteiger partial charge in [-0.2, -0.15) is 0 Å². The molecule has 0 bridgehead atoms. The number of anilines is 3. The maximum absolute atomic E-state index is 12.9. The second-order valence-electron chi connectivity index (χ2n) is 6.26. The van der Waals surface area contributed by atoms with Crippen molar-refractivity contribution in [3.63, 3.8) is 0 Å². The minimum absolute atomic E-state index is 0.0326. The van der Waals surface area contributed by atoms with Gasteiger partial charge in [0.25, 0.3) is 0 Å². The summed E-state index contributed by atoms with van der Waals surface area (Å²) in [5, 5.41) is 5.29. The Morgan fingerprint density at radius 2 is 1.91 bits per heavy atom. The summed E-state index contributed by atoms with van der Waals surface area (Å²) in [5.74, 6) is -0.795. The highest BCUT2D eigenvalue weighted by Crippen LogP contribution is 2.34. The molecule has 1 atom stereocenters. The number of benzene rings is 2. The Bertz CT molecular complexity index is 1210. The van der Waals surface area contributed by atoms with E-state index in [0.717, 1.165) is 11.3 Å². The Balaban J connectivity index is 1.78. The fraction of sp³-hybridized carbons (Fsp3) is 0.0952. The van der Waals surface area contributed by atoms with E-state index in [1.54, 1.807) is 42.5 Å². The number of ketones is 1. The molecule has 0 saturated heterocycles. The minimum atomic E-state index is -1.46. The summed E-state index contributed by atoms with van der Waals surface area (Å²) >= 11 is 13.3. The highest BCUT2D eigenvalue weighted by molar-refractivity contribution is 7.88. The summed E-state index contributed by atoms with van der Waals surface area (Å²) in [7, 11) is -0.173. The fourth-order valence-electron chi connectivity index (χ4n) is 2.59. The van der Waals surface area contributed by atoms with Crippen molar-refractivity contribution in [2.24, 2.45) is 0 Å². The highest BCUT2D eigenvalue weighted by Gasteiger charge is 2.22. The normalized spacial score (nSPS) is 12.0. The lowest BCUT2D eigenvalue weighted by Crippen LogP contribution is -2.04. The Morgan fingerprint density at radius 1 is 1.22 bits per heavy atom. The number of hydrogen-bond acceptors (Lipinski definition) is 8. The summed E-state index contributed by atoms with van der Waals surface area (Å²) in [6.45, 7) is 0. The predicted octanol–water partition coefficient (Wildman–Crippen LogP) is 5.19. The van der Waals surface area contributed by atoms with Crippen LogP contribution in [0.4, 0.5) is 16.6 Å². The van der Waals surface area contributed by atoms with Gasteiger partial charge < -0.3 is 15.8 Å². The quantitative estimate of drug-likeness (QED) is 0.317. The van der Waals surface area contributed by atoms with Gasteiger partial charge in [0.1, 0.15) is 10.7 Å². The Labute approximate surface area is 200 Å². The van der Waals surface area contributed by atoms with Gasteiger partial charge in [0.05, 0.1) is 39.9 Å². The van der Waals surface area contributed by atoms with Gasteiger partial charge in [-0.3, -0.25) is 9.59 Å². The smallest absolute Gasteiger partial charge is 0.309 e. The number of carbonyl (C=O) groups excluding carboxylic acids is 2. The molecule has 0 aliphatic rings. The molecule has 11 heteroatoms. The number of nitrogens with two attached hydrogens (primary N) is 1. The van der Waals surface area contributed by atoms with E-state index in [2.05, 4.69) is 15.0 Å². The number of rotatable bonds is 8. The van der Waals surface area contributed by atoms with Crippen molar-refractivity contribution in [3.8, 4) is 0 Å². The van der Waals surface area contributed by atoms with Crippen molar-refractivity contribution in [1.82, 2.24) is 4.98 Å². The number of methoxy groups -OCH3 is 1. The van der Waals surface area contributed by atoms with Crippen molar-refractivity contribution >= 4 is 73.7 Å². The third-order valence-corrected chi connectivity index (χ3v) is 6.87. The number of thiazole rings is 1. The summed E-state index contributed by atoms with van der Waals surface area (Å²) in [6, 6.07) is 11.6. The number of aromatic nitrogens is 1. The Hall–Kier alpha value is -2.72. The van der Waals surface area contributed by atoms with Crippen LogP contribution in [-0.2, 0) is 20.3 Å². The van der Waals surface area contributed by atoms with Crippen LogP contribution in [0.15, 0.2) is 58.8 Å². The maximum Gasteiger partial charge on any atom is 0.309 e. The summed E-state index contributed by atoms with van der Waals surface area (Å²) < 4.78 is 17.0. The first-order valence-electron chi connectivity index (χ1n) is 9.06. The lowest BCUT2D eigenvalue weighted by molar-refractivity contribution is -0.139. The third-order valence-electron chi connectivity index (χ3n) is 4.10. The molecule has 1 unspecified atom stereocenters. The van der Waals surface area contributed by atoms with Crippen LogP contribution in [-0.4, -0.2) is 28.1 Å². The van der Waals surface area contributed by atoms with Gasteiger partial charge in [-0.1, -0.05) is 52.7 Å². The molecule has 3 aromatic rings. The molecule has 1 aromatic heterocycles. The molecule has 7 nitrogen and oxygen atoms in total. The second-order valence-corrected chi connectivity index (χ2v) is 9.41. The van der Waals surface area contributed by atoms with E-state index in [1.165, 1.54) is 18.6 Å². The van der Waals surface area contributed by atoms with Crippen molar-refractivity contribution in [2.45, 2.75) is 11.3 Å². The molecule has 0 radical (unpaired) electrons. The van der Waals surface area contributed by atoms with E-state index in [4.69, 9.17) is 28.9 Å². The molecule has 32 heavy (non-hydrogen) atoms. The van der Waals surface area contributed by atoms with Crippen LogP contribution in [0.3, 0.4) is 0 Å². The number of nitrogen functional groups attached to an aromatic ring is 1. The molecule has 0 saturated carbocycles. The second kappa shape index (κ2) is 10.7. The maximum atomic E-state index is 12.9. The molecule has 3 rings (SSSR count). The van der Waals surface area contributed by atoms with Crippen molar-refractivity contribution in [1.29, 1.82) is 0 Å². The van der Waals surface area contributed by atoms with Crippen molar-refractivity contribution in [3.05, 3.63) is 74.4 Å². The van der Waals surface area contributed by atoms with E-state index >= 15 is 0 Å². The summed E-state index contributed by atoms with van der Waals surface area (Å²) in [5.41, 5.74) is 6.72. The van der Waals surface area contributed by atoms with Gasteiger partial charge in [-0.15, -0.1) is 0 Å². The van der Waals surface area contributed by atoms with Gasteiger partial charge in [0.15, 0.2) is 5.13 Å². The van der Waals surface area contributed by atoms with Crippen LogP contribution < -0.4 is 11.1 Å². The van der Waals surface area contributed by atoms with E-state index in [-0.39, 0.29) is 32.7 Å².